The van der Waals surface area contributed by atoms with E-state index in [0.717, 1.165) is 32.4 Å². The van der Waals surface area contributed by atoms with Gasteiger partial charge in [0.2, 0.25) is 15.9 Å². The van der Waals surface area contributed by atoms with Crippen LogP contribution < -0.4 is 4.72 Å². The summed E-state index contributed by atoms with van der Waals surface area (Å²) in [5.74, 6) is -0.172. The lowest BCUT2D eigenvalue weighted by molar-refractivity contribution is -0.129. The van der Waals surface area contributed by atoms with E-state index in [1.807, 2.05) is 0 Å². The zero-order valence-electron chi connectivity index (χ0n) is 14.1. The molecule has 2 amide bonds. The van der Waals surface area contributed by atoms with E-state index >= 15 is 0 Å². The highest BCUT2D eigenvalue weighted by atomic mass is 32.2. The number of amides is 2. The summed E-state index contributed by atoms with van der Waals surface area (Å²) in [6, 6.07) is 6.04. The average molecular weight is 365 g/mol. The van der Waals surface area contributed by atoms with Crippen LogP contribution in [0.1, 0.15) is 36.0 Å². The Balaban J connectivity index is 1.59. The van der Waals surface area contributed by atoms with E-state index in [4.69, 9.17) is 0 Å². The summed E-state index contributed by atoms with van der Waals surface area (Å²) in [5, 5.41) is 0. The molecule has 1 N–H and O–H groups in total. The third kappa shape index (κ3) is 4.19. The predicted octanol–water partition coefficient (Wildman–Crippen LogP) is 0.823. The standard InChI is InChI=1S/C17H23N3O4S/c21-16(19-9-1-2-10-19)7-8-18-25(23,24)15-6-3-5-14(13-15)17(22)20-11-4-12-20/h3,5-6,13,18H,1-2,4,7-12H2. The van der Waals surface area contributed by atoms with Gasteiger partial charge in [0.25, 0.3) is 5.91 Å². The van der Waals surface area contributed by atoms with Crippen molar-refractivity contribution < 1.29 is 18.0 Å². The number of nitrogens with zero attached hydrogens (tertiary/aromatic N) is 2. The van der Waals surface area contributed by atoms with E-state index in [-0.39, 0.29) is 29.7 Å². The third-order valence-electron chi connectivity index (χ3n) is 4.62. The van der Waals surface area contributed by atoms with Crippen molar-refractivity contribution in [1.29, 1.82) is 0 Å². The van der Waals surface area contributed by atoms with Gasteiger partial charge >= 0.3 is 0 Å². The lowest BCUT2D eigenvalue weighted by Crippen LogP contribution is -2.42. The summed E-state index contributed by atoms with van der Waals surface area (Å²) < 4.78 is 27.3. The summed E-state index contributed by atoms with van der Waals surface area (Å²) in [4.78, 5) is 27.7. The lowest BCUT2D eigenvalue weighted by Gasteiger charge is -2.31. The zero-order chi connectivity index (χ0) is 17.9. The second kappa shape index (κ2) is 7.53. The minimum Gasteiger partial charge on any atom is -0.343 e. The zero-order valence-corrected chi connectivity index (χ0v) is 14.9. The average Bonchev–Trinajstić information content (AvgIpc) is 3.07. The van der Waals surface area contributed by atoms with Gasteiger partial charge in [-0.05, 0) is 37.5 Å². The van der Waals surface area contributed by atoms with E-state index in [2.05, 4.69) is 4.72 Å². The van der Waals surface area contributed by atoms with Crippen LogP contribution >= 0.6 is 0 Å². The second-order valence-corrected chi connectivity index (χ2v) is 8.18. The number of benzene rings is 1. The lowest BCUT2D eigenvalue weighted by atomic mass is 10.1. The first kappa shape index (κ1) is 17.9. The van der Waals surface area contributed by atoms with Crippen LogP contribution in [0.25, 0.3) is 0 Å². The topological polar surface area (TPSA) is 86.8 Å². The third-order valence-corrected chi connectivity index (χ3v) is 6.08. The minimum atomic E-state index is -3.74. The van der Waals surface area contributed by atoms with Gasteiger partial charge in [0.05, 0.1) is 4.90 Å². The molecule has 0 unspecified atom stereocenters. The molecule has 3 rings (SSSR count). The Labute approximate surface area is 148 Å². The molecule has 2 aliphatic rings. The monoisotopic (exact) mass is 365 g/mol. The molecule has 0 spiro atoms. The van der Waals surface area contributed by atoms with Crippen molar-refractivity contribution in [2.45, 2.75) is 30.6 Å². The number of hydrogen-bond acceptors (Lipinski definition) is 4. The molecule has 0 atom stereocenters. The maximum absolute atomic E-state index is 12.4. The van der Waals surface area contributed by atoms with Gasteiger partial charge in [-0.15, -0.1) is 0 Å². The van der Waals surface area contributed by atoms with Crippen molar-refractivity contribution in [2.24, 2.45) is 0 Å². The first-order chi connectivity index (χ1) is 12.0. The number of hydrogen-bond donors (Lipinski definition) is 1. The highest BCUT2D eigenvalue weighted by Gasteiger charge is 2.24. The number of nitrogens with one attached hydrogen (secondary N) is 1. The van der Waals surface area contributed by atoms with E-state index in [1.54, 1.807) is 21.9 Å². The summed E-state index contributed by atoms with van der Waals surface area (Å²) in [5.41, 5.74) is 0.371. The molecule has 0 saturated carbocycles. The highest BCUT2D eigenvalue weighted by Crippen LogP contribution is 2.16. The molecule has 2 aliphatic heterocycles. The largest absolute Gasteiger partial charge is 0.343 e. The molecular weight excluding hydrogens is 342 g/mol. The Morgan fingerprint density at radius 1 is 1.00 bits per heavy atom. The van der Waals surface area contributed by atoms with E-state index in [9.17, 15) is 18.0 Å². The number of likely N-dealkylation sites (tertiary alicyclic amines) is 2. The van der Waals surface area contributed by atoms with Gasteiger partial charge in [0, 0.05) is 44.7 Å². The normalized spacial score (nSPS) is 17.4. The maximum atomic E-state index is 12.4. The number of carbonyl (C=O) groups is 2. The van der Waals surface area contributed by atoms with Gasteiger partial charge < -0.3 is 9.80 Å². The van der Waals surface area contributed by atoms with E-state index in [1.165, 1.54) is 12.1 Å². The van der Waals surface area contributed by atoms with Gasteiger partial charge in [-0.3, -0.25) is 9.59 Å². The summed E-state index contributed by atoms with van der Waals surface area (Å²) in [6.07, 6.45) is 3.15. The van der Waals surface area contributed by atoms with Gasteiger partial charge in [-0.2, -0.15) is 0 Å². The number of carbonyl (C=O) groups excluding carboxylic acids is 2. The van der Waals surface area contributed by atoms with Crippen LogP contribution in [0, 0.1) is 0 Å². The first-order valence-corrected chi connectivity index (χ1v) is 10.1. The molecule has 136 valence electrons. The SMILES string of the molecule is O=C(CCNS(=O)(=O)c1cccc(C(=O)N2CCC2)c1)N1CCCC1. The van der Waals surface area contributed by atoms with Crippen molar-refractivity contribution in [3.63, 3.8) is 0 Å². The molecule has 1 aromatic carbocycles. The molecule has 25 heavy (non-hydrogen) atoms. The molecule has 2 fully saturated rings. The maximum Gasteiger partial charge on any atom is 0.253 e. The van der Waals surface area contributed by atoms with Gasteiger partial charge in [-0.1, -0.05) is 6.07 Å². The molecule has 0 bridgehead atoms. The molecule has 8 heteroatoms. The van der Waals surface area contributed by atoms with Crippen LogP contribution in [0.2, 0.25) is 0 Å². The molecule has 2 saturated heterocycles. The van der Waals surface area contributed by atoms with Gasteiger partial charge in [0.15, 0.2) is 0 Å². The molecule has 0 aromatic heterocycles. The summed E-state index contributed by atoms with van der Waals surface area (Å²) in [6.45, 7) is 3.00. The van der Waals surface area contributed by atoms with Crippen molar-refractivity contribution in [1.82, 2.24) is 14.5 Å². The van der Waals surface area contributed by atoms with Gasteiger partial charge in [-0.25, -0.2) is 13.1 Å². The molecule has 2 heterocycles. The molecular formula is C17H23N3O4S. The van der Waals surface area contributed by atoms with Crippen LogP contribution in [0.3, 0.4) is 0 Å². The number of rotatable bonds is 6. The molecule has 0 aliphatic carbocycles. The fourth-order valence-corrected chi connectivity index (χ4v) is 4.08. The van der Waals surface area contributed by atoms with Crippen LogP contribution in [-0.4, -0.2) is 62.8 Å². The van der Waals surface area contributed by atoms with Crippen LogP contribution in [-0.2, 0) is 14.8 Å². The van der Waals surface area contributed by atoms with Crippen molar-refractivity contribution in [3.8, 4) is 0 Å². The van der Waals surface area contributed by atoms with Crippen molar-refractivity contribution in [3.05, 3.63) is 29.8 Å². The van der Waals surface area contributed by atoms with Crippen LogP contribution in [0.15, 0.2) is 29.2 Å². The Bertz CT molecular complexity index is 753. The second-order valence-electron chi connectivity index (χ2n) is 6.41. The number of sulfonamides is 1. The Hall–Kier alpha value is -1.93. The summed E-state index contributed by atoms with van der Waals surface area (Å²) in [7, 11) is -3.74. The molecule has 0 radical (unpaired) electrons. The minimum absolute atomic E-state index is 0.0260. The van der Waals surface area contributed by atoms with Crippen LogP contribution in [0.4, 0.5) is 0 Å². The molecule has 7 nitrogen and oxygen atoms in total. The predicted molar refractivity (Wildman–Crippen MR) is 92.6 cm³/mol. The van der Waals surface area contributed by atoms with Crippen LogP contribution in [0.5, 0.6) is 0 Å². The quantitative estimate of drug-likeness (QED) is 0.809. The van der Waals surface area contributed by atoms with E-state index < -0.39 is 10.0 Å². The van der Waals surface area contributed by atoms with Crippen molar-refractivity contribution in [2.75, 3.05) is 32.7 Å². The highest BCUT2D eigenvalue weighted by molar-refractivity contribution is 7.89. The van der Waals surface area contributed by atoms with Gasteiger partial charge in [0.1, 0.15) is 0 Å². The summed E-state index contributed by atoms with van der Waals surface area (Å²) >= 11 is 0. The fraction of sp³-hybridized carbons (Fsp3) is 0.529. The van der Waals surface area contributed by atoms with E-state index in [0.29, 0.717) is 18.7 Å². The fourth-order valence-electron chi connectivity index (χ4n) is 3.00. The molecule has 1 aromatic rings. The van der Waals surface area contributed by atoms with Crippen molar-refractivity contribution >= 4 is 21.8 Å². The smallest absolute Gasteiger partial charge is 0.253 e. The Morgan fingerprint density at radius 3 is 2.32 bits per heavy atom. The Kier molecular flexibility index (Phi) is 5.39. The first-order valence-electron chi connectivity index (χ1n) is 8.64. The Morgan fingerprint density at radius 2 is 1.68 bits per heavy atom.